The zero-order valence-corrected chi connectivity index (χ0v) is 56.3. The Balaban J connectivity index is 5.11. The molecule has 0 saturated heterocycles. The number of carbonyl (C=O) groups is 1. The highest BCUT2D eigenvalue weighted by Gasteiger charge is 2.21. The fraction of sp³-hybridized carbons (Fsp3) is 0.831. The summed E-state index contributed by atoms with van der Waals surface area (Å²) in [6.07, 6.45) is 86.0. The molecule has 0 aliphatic heterocycles. The molecule has 0 amide bonds. The second-order valence-corrected chi connectivity index (χ2v) is 24.9. The summed E-state index contributed by atoms with van der Waals surface area (Å²) < 4.78 is 24.7. The van der Waals surface area contributed by atoms with Crippen LogP contribution in [0.15, 0.2) is 72.9 Å². The van der Waals surface area contributed by atoms with E-state index in [1.54, 1.807) is 0 Å². The molecule has 0 rings (SSSR count). The third-order valence-corrected chi connectivity index (χ3v) is 16.3. The minimum atomic E-state index is -0.570. The molecule has 0 spiro atoms. The summed E-state index contributed by atoms with van der Waals surface area (Å²) in [5.74, 6) is 0. The maximum absolute atomic E-state index is 13.6. The molecule has 0 fully saturated rings. The monoisotopic (exact) mass is 1180 g/mol. The number of aliphatic hydroxyl groups excluding tert-OH is 2. The molecule has 84 heavy (non-hydrogen) atoms. The van der Waals surface area contributed by atoms with Crippen LogP contribution < -0.4 is 0 Å². The molecule has 0 radical (unpaired) electrons. The molecular weight excluding hydrogens is 1040 g/mol. The van der Waals surface area contributed by atoms with E-state index in [0.29, 0.717) is 26.4 Å². The van der Waals surface area contributed by atoms with Gasteiger partial charge in [0.1, 0.15) is 12.2 Å². The van der Waals surface area contributed by atoms with E-state index in [0.717, 1.165) is 141 Å². The summed E-state index contributed by atoms with van der Waals surface area (Å²) in [5.41, 5.74) is 0. The first-order chi connectivity index (χ1) is 41.5. The van der Waals surface area contributed by atoms with Crippen LogP contribution in [0.1, 0.15) is 362 Å². The minimum absolute atomic E-state index is 0.187. The topological polar surface area (TPSA) is 94.5 Å². The van der Waals surface area contributed by atoms with Crippen molar-refractivity contribution < 1.29 is 34.0 Å². The van der Waals surface area contributed by atoms with Gasteiger partial charge in [-0.3, -0.25) is 0 Å². The first-order valence-electron chi connectivity index (χ1n) is 36.7. The Bertz CT molecular complexity index is 1360. The summed E-state index contributed by atoms with van der Waals surface area (Å²) >= 11 is 0. The lowest BCUT2D eigenvalue weighted by Crippen LogP contribution is -2.29. The third-order valence-electron chi connectivity index (χ3n) is 16.3. The highest BCUT2D eigenvalue weighted by molar-refractivity contribution is 5.60. The van der Waals surface area contributed by atoms with E-state index in [-0.39, 0.29) is 24.4 Å². The van der Waals surface area contributed by atoms with Gasteiger partial charge < -0.3 is 29.2 Å². The molecular formula is C77H142O7. The van der Waals surface area contributed by atoms with Gasteiger partial charge in [0.2, 0.25) is 0 Å². The SMILES string of the molecule is CCCCC/C=C\C/C=C\CCCCCCCCC(COCCCCCCCC/C=C\C[C@H](O)CCCCCC)OC(=O)OC(CCCCCCCC/C=C\C/C=C\CCCCC)COCCCCCCCC/C=C\C[C@H](O)CCCCCC. The third kappa shape index (κ3) is 67.1. The summed E-state index contributed by atoms with van der Waals surface area (Å²) in [6, 6.07) is 0. The van der Waals surface area contributed by atoms with Gasteiger partial charge >= 0.3 is 6.16 Å². The summed E-state index contributed by atoms with van der Waals surface area (Å²) in [7, 11) is 0. The van der Waals surface area contributed by atoms with Crippen molar-refractivity contribution in [2.24, 2.45) is 0 Å². The molecule has 0 saturated carbocycles. The predicted octanol–water partition coefficient (Wildman–Crippen LogP) is 24.3. The van der Waals surface area contributed by atoms with Crippen LogP contribution in [0, 0.1) is 0 Å². The van der Waals surface area contributed by atoms with Crippen LogP contribution in [0.5, 0.6) is 0 Å². The van der Waals surface area contributed by atoms with Crippen LogP contribution in [0.4, 0.5) is 4.79 Å². The predicted molar refractivity (Wildman–Crippen MR) is 366 cm³/mol. The van der Waals surface area contributed by atoms with E-state index < -0.39 is 6.16 Å². The van der Waals surface area contributed by atoms with Crippen molar-refractivity contribution in [2.45, 2.75) is 386 Å². The maximum Gasteiger partial charge on any atom is 0.508 e. The van der Waals surface area contributed by atoms with E-state index in [9.17, 15) is 15.0 Å². The van der Waals surface area contributed by atoms with Crippen LogP contribution in [-0.2, 0) is 18.9 Å². The second-order valence-electron chi connectivity index (χ2n) is 24.9. The highest BCUT2D eigenvalue weighted by atomic mass is 16.7. The second kappa shape index (κ2) is 71.3. The largest absolute Gasteiger partial charge is 0.508 e. The normalized spacial score (nSPS) is 13.8. The smallest absolute Gasteiger partial charge is 0.429 e. The Morgan fingerprint density at radius 3 is 0.881 bits per heavy atom. The number of allylic oxidation sites excluding steroid dienone is 10. The van der Waals surface area contributed by atoms with Crippen molar-refractivity contribution in [3.05, 3.63) is 72.9 Å². The van der Waals surface area contributed by atoms with Gasteiger partial charge in [-0.1, -0.05) is 280 Å². The molecule has 2 unspecified atom stereocenters. The number of unbranched alkanes of at least 4 members (excludes halogenated alkanes) is 36. The average molecular weight is 1180 g/mol. The molecule has 4 atom stereocenters. The summed E-state index contributed by atoms with van der Waals surface area (Å²) in [5, 5.41) is 20.5. The van der Waals surface area contributed by atoms with E-state index >= 15 is 0 Å². The fourth-order valence-electron chi connectivity index (χ4n) is 10.7. The van der Waals surface area contributed by atoms with E-state index in [1.165, 1.54) is 193 Å². The number of ether oxygens (including phenoxy) is 4. The average Bonchev–Trinajstić information content (AvgIpc) is 3.51. The van der Waals surface area contributed by atoms with Crippen molar-refractivity contribution in [3.63, 3.8) is 0 Å². The van der Waals surface area contributed by atoms with Crippen LogP contribution in [0.2, 0.25) is 0 Å². The number of carbonyl (C=O) groups excluding carboxylic acids is 1. The minimum Gasteiger partial charge on any atom is -0.429 e. The molecule has 7 heteroatoms. The number of aliphatic hydroxyl groups is 2. The van der Waals surface area contributed by atoms with Crippen LogP contribution in [0.25, 0.3) is 0 Å². The number of hydrogen-bond acceptors (Lipinski definition) is 7. The molecule has 7 nitrogen and oxygen atoms in total. The Morgan fingerprint density at radius 1 is 0.298 bits per heavy atom. The van der Waals surface area contributed by atoms with Gasteiger partial charge in [-0.05, 0) is 154 Å². The summed E-state index contributed by atoms with van der Waals surface area (Å²) in [6.45, 7) is 11.2. The van der Waals surface area contributed by atoms with Gasteiger partial charge in [0.05, 0.1) is 25.4 Å². The Morgan fingerprint density at radius 2 is 0.548 bits per heavy atom. The van der Waals surface area contributed by atoms with E-state index in [2.05, 4.69) is 101 Å². The Hall–Kier alpha value is -2.45. The molecule has 0 aromatic heterocycles. The van der Waals surface area contributed by atoms with Crippen molar-refractivity contribution in [1.82, 2.24) is 0 Å². The van der Waals surface area contributed by atoms with Crippen molar-refractivity contribution >= 4 is 6.16 Å². The molecule has 0 aliphatic rings. The van der Waals surface area contributed by atoms with Gasteiger partial charge in [0.25, 0.3) is 0 Å². The molecule has 0 aromatic rings. The molecule has 0 heterocycles. The first kappa shape index (κ1) is 81.5. The number of hydrogen-bond donors (Lipinski definition) is 2. The van der Waals surface area contributed by atoms with Crippen molar-refractivity contribution in [3.8, 4) is 0 Å². The van der Waals surface area contributed by atoms with Gasteiger partial charge in [0.15, 0.2) is 0 Å². The maximum atomic E-state index is 13.6. The quantitative estimate of drug-likeness (QED) is 0.0356. The lowest BCUT2D eigenvalue weighted by molar-refractivity contribution is -0.0527. The van der Waals surface area contributed by atoms with E-state index in [4.69, 9.17) is 18.9 Å². The molecule has 492 valence electrons. The standard InChI is InChI=1S/C77H142O7/c1-5-9-13-17-19-21-23-25-27-29-31-33-39-45-51-59-67-75(71-81-69-61-53-47-41-35-37-43-49-57-65-73(78)63-55-15-11-7-3)83-77(80)84-76(68-60-52-46-40-34-32-30-28-26-24-22-20-18-14-10-6-2)72-82-70-62-54-48-42-36-38-44-50-58-66-74(79)64-56-16-12-8-4/h19-22,25-28,49-50,57-58,73-76,78-79H,5-18,23-24,29-48,51-56,59-72H2,1-4H3/b21-19-,22-20-,27-25-,28-26-,57-49-,58-50-/t73-,74-,75?,76?/m1/s1. The molecule has 0 aliphatic carbocycles. The van der Waals surface area contributed by atoms with Gasteiger partial charge in [-0.15, -0.1) is 0 Å². The van der Waals surface area contributed by atoms with Gasteiger partial charge in [0, 0.05) is 13.2 Å². The van der Waals surface area contributed by atoms with Gasteiger partial charge in [-0.2, -0.15) is 0 Å². The van der Waals surface area contributed by atoms with Crippen LogP contribution in [0.3, 0.4) is 0 Å². The fourth-order valence-corrected chi connectivity index (χ4v) is 10.7. The van der Waals surface area contributed by atoms with E-state index in [1.807, 2.05) is 0 Å². The Kier molecular flexibility index (Phi) is 69.2. The van der Waals surface area contributed by atoms with Crippen LogP contribution in [-0.4, -0.2) is 67.2 Å². The zero-order chi connectivity index (χ0) is 60.8. The Labute approximate surface area is 523 Å². The van der Waals surface area contributed by atoms with Crippen LogP contribution >= 0.6 is 0 Å². The lowest BCUT2D eigenvalue weighted by Gasteiger charge is -2.22. The van der Waals surface area contributed by atoms with Crippen molar-refractivity contribution in [1.29, 1.82) is 0 Å². The molecule has 0 aromatic carbocycles. The molecule has 0 bridgehead atoms. The highest BCUT2D eigenvalue weighted by Crippen LogP contribution is 2.19. The lowest BCUT2D eigenvalue weighted by atomic mass is 10.1. The zero-order valence-electron chi connectivity index (χ0n) is 56.3. The molecule has 2 N–H and O–H groups in total. The van der Waals surface area contributed by atoms with Gasteiger partial charge in [-0.25, -0.2) is 4.79 Å². The van der Waals surface area contributed by atoms with Crippen molar-refractivity contribution in [2.75, 3.05) is 26.4 Å². The summed E-state index contributed by atoms with van der Waals surface area (Å²) in [4.78, 5) is 13.6. The first-order valence-corrected chi connectivity index (χ1v) is 36.7. The number of rotatable bonds is 68.